The van der Waals surface area contributed by atoms with Gasteiger partial charge in [-0.2, -0.15) is 0 Å². The van der Waals surface area contributed by atoms with Crippen molar-refractivity contribution in [3.8, 4) is 5.69 Å². The maximum absolute atomic E-state index is 12.7. The van der Waals surface area contributed by atoms with Crippen LogP contribution < -0.4 is 4.72 Å². The number of nitrogens with zero attached hydrogens (tertiary/aromatic N) is 3. The lowest BCUT2D eigenvalue weighted by Gasteiger charge is -2.21. The predicted octanol–water partition coefficient (Wildman–Crippen LogP) is 6.05. The summed E-state index contributed by atoms with van der Waals surface area (Å²) in [6, 6.07) is 23.1. The highest BCUT2D eigenvalue weighted by atomic mass is 35.5. The molecule has 6 nitrogen and oxygen atoms in total. The Morgan fingerprint density at radius 1 is 0.972 bits per heavy atom. The van der Waals surface area contributed by atoms with Gasteiger partial charge in [0.05, 0.1) is 17.5 Å². The summed E-state index contributed by atoms with van der Waals surface area (Å²) in [5, 5.41) is 10.3. The Hall–Kier alpha value is -2.65. The zero-order valence-electron chi connectivity index (χ0n) is 20.5. The van der Waals surface area contributed by atoms with Crippen molar-refractivity contribution < 1.29 is 8.42 Å². The number of aryl methyl sites for hydroxylation is 2. The van der Waals surface area contributed by atoms with Gasteiger partial charge in [0.25, 0.3) is 0 Å². The van der Waals surface area contributed by atoms with Crippen LogP contribution in [-0.2, 0) is 22.2 Å². The van der Waals surface area contributed by atoms with Crippen LogP contribution in [-0.4, -0.2) is 28.9 Å². The fourth-order valence-electron chi connectivity index (χ4n) is 3.94. The fourth-order valence-corrected chi connectivity index (χ4v) is 5.79. The van der Waals surface area contributed by atoms with Crippen molar-refractivity contribution in [2.24, 2.45) is 0 Å². The molecule has 0 amide bonds. The van der Waals surface area contributed by atoms with Gasteiger partial charge in [0.1, 0.15) is 0 Å². The van der Waals surface area contributed by atoms with E-state index in [9.17, 15) is 8.42 Å². The second-order valence-electron chi connectivity index (χ2n) is 8.65. The van der Waals surface area contributed by atoms with E-state index in [4.69, 9.17) is 11.6 Å². The Labute approximate surface area is 222 Å². The van der Waals surface area contributed by atoms with E-state index in [1.165, 1.54) is 11.1 Å². The Morgan fingerprint density at radius 3 is 2.44 bits per heavy atom. The highest BCUT2D eigenvalue weighted by Crippen LogP contribution is 2.32. The number of rotatable bonds is 10. The van der Waals surface area contributed by atoms with Gasteiger partial charge in [-0.05, 0) is 56.0 Å². The molecule has 0 aliphatic rings. The van der Waals surface area contributed by atoms with Gasteiger partial charge in [-0.3, -0.25) is 4.57 Å². The molecule has 36 heavy (non-hydrogen) atoms. The van der Waals surface area contributed by atoms with Crippen LogP contribution in [0.4, 0.5) is 0 Å². The van der Waals surface area contributed by atoms with Gasteiger partial charge >= 0.3 is 0 Å². The fraction of sp³-hybridized carbons (Fsp3) is 0.259. The normalized spacial score (nSPS) is 12.6. The minimum Gasteiger partial charge on any atom is -0.272 e. The molecule has 0 saturated carbocycles. The first kappa shape index (κ1) is 26.4. The minimum atomic E-state index is -3.52. The first-order valence-corrected chi connectivity index (χ1v) is 14.7. The molecule has 0 radical (unpaired) electrons. The smallest absolute Gasteiger partial charge is 0.211 e. The molecule has 1 atom stereocenters. The molecule has 1 heterocycles. The van der Waals surface area contributed by atoms with Crippen LogP contribution in [0.2, 0.25) is 5.02 Å². The summed E-state index contributed by atoms with van der Waals surface area (Å²) in [7, 11) is -3.52. The quantitative estimate of drug-likeness (QED) is 0.248. The highest BCUT2D eigenvalue weighted by molar-refractivity contribution is 7.98. The molecule has 3 aromatic carbocycles. The molecule has 1 N–H and O–H groups in total. The zero-order valence-corrected chi connectivity index (χ0v) is 22.9. The molecule has 4 aromatic rings. The molecule has 0 bridgehead atoms. The van der Waals surface area contributed by atoms with Crippen molar-refractivity contribution in [1.29, 1.82) is 0 Å². The molecule has 1 aromatic heterocycles. The number of benzene rings is 3. The lowest BCUT2D eigenvalue weighted by atomic mass is 10.1. The van der Waals surface area contributed by atoms with Crippen LogP contribution in [0.5, 0.6) is 0 Å². The molecular weight excluding hydrogens is 512 g/mol. The van der Waals surface area contributed by atoms with E-state index in [2.05, 4.69) is 40.0 Å². The second kappa shape index (κ2) is 11.6. The molecular formula is C27H29ClN4O2S2. The Balaban J connectivity index is 1.81. The summed E-state index contributed by atoms with van der Waals surface area (Å²) < 4.78 is 30.2. The van der Waals surface area contributed by atoms with E-state index in [1.807, 2.05) is 66.1 Å². The van der Waals surface area contributed by atoms with Gasteiger partial charge in [0.15, 0.2) is 11.0 Å². The van der Waals surface area contributed by atoms with Gasteiger partial charge in [-0.1, -0.05) is 89.6 Å². The summed E-state index contributed by atoms with van der Waals surface area (Å²) in [6.07, 6.45) is 0.431. The van der Waals surface area contributed by atoms with Gasteiger partial charge in [0.2, 0.25) is 10.0 Å². The summed E-state index contributed by atoms with van der Waals surface area (Å²) >= 11 is 7.95. The number of aromatic nitrogens is 3. The molecule has 188 valence electrons. The molecule has 0 aliphatic carbocycles. The number of halogens is 1. The molecule has 9 heteroatoms. The molecule has 0 saturated heterocycles. The van der Waals surface area contributed by atoms with E-state index >= 15 is 0 Å². The number of nitrogens with one attached hydrogen (secondary N) is 1. The van der Waals surface area contributed by atoms with Gasteiger partial charge < -0.3 is 0 Å². The summed E-state index contributed by atoms with van der Waals surface area (Å²) in [5.41, 5.74) is 5.16. The van der Waals surface area contributed by atoms with Gasteiger partial charge in [-0.25, -0.2) is 13.1 Å². The number of sulfonamides is 1. The van der Waals surface area contributed by atoms with Crippen molar-refractivity contribution >= 4 is 33.4 Å². The van der Waals surface area contributed by atoms with Crippen molar-refractivity contribution in [2.45, 2.75) is 44.1 Å². The average molecular weight is 541 g/mol. The van der Waals surface area contributed by atoms with Crippen molar-refractivity contribution in [3.63, 3.8) is 0 Å². The van der Waals surface area contributed by atoms with Crippen molar-refractivity contribution in [1.82, 2.24) is 19.5 Å². The lowest BCUT2D eigenvalue weighted by Crippen LogP contribution is -2.33. The monoisotopic (exact) mass is 540 g/mol. The third-order valence-corrected chi connectivity index (χ3v) is 8.46. The van der Waals surface area contributed by atoms with Gasteiger partial charge in [0, 0.05) is 10.8 Å². The van der Waals surface area contributed by atoms with E-state index in [-0.39, 0.29) is 5.75 Å². The topological polar surface area (TPSA) is 76.9 Å². The average Bonchev–Trinajstić information content (AvgIpc) is 3.28. The lowest BCUT2D eigenvalue weighted by molar-refractivity contribution is 0.538. The van der Waals surface area contributed by atoms with Crippen LogP contribution in [0.3, 0.4) is 0 Å². The standard InChI is InChI=1S/C27H29ClN4O2S2/c1-4-36(33,34)31-24(16-21-10-6-5-7-11-21)26-29-30-27(35-18-22-12-8-9-19(2)15-22)32(26)25-17-23(28)14-13-20(25)3/h5-15,17,24,31H,4,16,18H2,1-3H3. The molecule has 4 rings (SSSR count). The minimum absolute atomic E-state index is 0.0302. The molecule has 0 spiro atoms. The molecule has 0 aliphatic heterocycles. The zero-order chi connectivity index (χ0) is 25.7. The first-order valence-electron chi connectivity index (χ1n) is 11.7. The van der Waals surface area contributed by atoms with E-state index < -0.39 is 16.1 Å². The number of thioether (sulfide) groups is 1. The highest BCUT2D eigenvalue weighted by Gasteiger charge is 2.27. The van der Waals surface area contributed by atoms with Crippen molar-refractivity contribution in [3.05, 3.63) is 106 Å². The third kappa shape index (κ3) is 6.56. The van der Waals surface area contributed by atoms with Crippen LogP contribution in [0.1, 0.15) is 41.0 Å². The van der Waals surface area contributed by atoms with Crippen LogP contribution in [0.15, 0.2) is 78.0 Å². The van der Waals surface area contributed by atoms with Gasteiger partial charge in [-0.15, -0.1) is 10.2 Å². The summed E-state index contributed by atoms with van der Waals surface area (Å²) in [5.74, 6) is 1.19. The largest absolute Gasteiger partial charge is 0.272 e. The van der Waals surface area contributed by atoms with Crippen LogP contribution in [0, 0.1) is 13.8 Å². The number of hydrogen-bond donors (Lipinski definition) is 1. The molecule has 0 fully saturated rings. The number of hydrogen-bond acceptors (Lipinski definition) is 5. The van der Waals surface area contributed by atoms with Crippen LogP contribution in [0.25, 0.3) is 5.69 Å². The van der Waals surface area contributed by atoms with E-state index in [0.717, 1.165) is 16.8 Å². The summed E-state index contributed by atoms with van der Waals surface area (Å²) in [6.45, 7) is 5.68. The second-order valence-corrected chi connectivity index (χ2v) is 12.1. The maximum Gasteiger partial charge on any atom is 0.211 e. The maximum atomic E-state index is 12.7. The Morgan fingerprint density at radius 2 is 1.72 bits per heavy atom. The Bertz CT molecular complexity index is 1440. The predicted molar refractivity (Wildman–Crippen MR) is 147 cm³/mol. The Kier molecular flexibility index (Phi) is 8.51. The first-order chi connectivity index (χ1) is 17.3. The van der Waals surface area contributed by atoms with Crippen LogP contribution >= 0.6 is 23.4 Å². The third-order valence-electron chi connectivity index (χ3n) is 5.82. The van der Waals surface area contributed by atoms with E-state index in [1.54, 1.807) is 18.7 Å². The SMILES string of the molecule is CCS(=O)(=O)NC(Cc1ccccc1)c1nnc(SCc2cccc(C)c2)n1-c1cc(Cl)ccc1C. The van der Waals surface area contributed by atoms with E-state index in [0.29, 0.717) is 28.2 Å². The molecule has 1 unspecified atom stereocenters. The summed E-state index contributed by atoms with van der Waals surface area (Å²) in [4.78, 5) is 0. The van der Waals surface area contributed by atoms with Crippen molar-refractivity contribution in [2.75, 3.05) is 5.75 Å².